The monoisotopic (exact) mass is 193 g/mol. The van der Waals surface area contributed by atoms with Crippen LogP contribution in [-0.2, 0) is 0 Å². The van der Waals surface area contributed by atoms with Crippen molar-refractivity contribution < 1.29 is 0 Å². The standard InChI is InChI=1S/C11H19N3/c1-4-6-10(5-2)13-11-7-9(3)8-12-14-11/h7-8,10H,4-6H2,1-3H3,(H,13,14). The van der Waals surface area contributed by atoms with Crippen LogP contribution in [-0.4, -0.2) is 16.2 Å². The van der Waals surface area contributed by atoms with E-state index in [0.29, 0.717) is 6.04 Å². The fourth-order valence-corrected chi connectivity index (χ4v) is 1.47. The van der Waals surface area contributed by atoms with E-state index in [1.807, 2.05) is 13.0 Å². The summed E-state index contributed by atoms with van der Waals surface area (Å²) in [6.07, 6.45) is 5.28. The molecule has 0 spiro atoms. The van der Waals surface area contributed by atoms with Crippen molar-refractivity contribution in [2.45, 2.75) is 46.1 Å². The second-order valence-electron chi connectivity index (χ2n) is 3.66. The van der Waals surface area contributed by atoms with Gasteiger partial charge in [0.15, 0.2) is 0 Å². The maximum atomic E-state index is 4.05. The van der Waals surface area contributed by atoms with E-state index in [1.165, 1.54) is 12.8 Å². The molecule has 0 aliphatic heterocycles. The zero-order chi connectivity index (χ0) is 10.4. The number of hydrogen-bond acceptors (Lipinski definition) is 3. The van der Waals surface area contributed by atoms with Crippen LogP contribution in [0.3, 0.4) is 0 Å². The zero-order valence-electron chi connectivity index (χ0n) is 9.25. The summed E-state index contributed by atoms with van der Waals surface area (Å²) in [7, 11) is 0. The Morgan fingerprint density at radius 3 is 2.79 bits per heavy atom. The Morgan fingerprint density at radius 1 is 1.43 bits per heavy atom. The van der Waals surface area contributed by atoms with Gasteiger partial charge in [-0.3, -0.25) is 0 Å². The number of anilines is 1. The first-order chi connectivity index (χ1) is 6.76. The Kier molecular flexibility index (Phi) is 4.36. The third-order valence-electron chi connectivity index (χ3n) is 2.27. The number of hydrogen-bond donors (Lipinski definition) is 1. The molecule has 0 saturated carbocycles. The van der Waals surface area contributed by atoms with E-state index < -0.39 is 0 Å². The van der Waals surface area contributed by atoms with Crippen LogP contribution in [0.25, 0.3) is 0 Å². The SMILES string of the molecule is CCCC(CC)Nc1cc(C)cnn1. The molecule has 1 aromatic heterocycles. The summed E-state index contributed by atoms with van der Waals surface area (Å²) in [6, 6.07) is 2.56. The van der Waals surface area contributed by atoms with Crippen LogP contribution in [0.5, 0.6) is 0 Å². The lowest BCUT2D eigenvalue weighted by Crippen LogP contribution is -2.19. The average molecular weight is 193 g/mol. The number of aryl methyl sites for hydroxylation is 1. The lowest BCUT2D eigenvalue weighted by Gasteiger charge is -2.16. The van der Waals surface area contributed by atoms with Gasteiger partial charge in [0.1, 0.15) is 5.82 Å². The predicted octanol–water partition coefficient (Wildman–Crippen LogP) is 2.78. The molecule has 1 aromatic rings. The molecular weight excluding hydrogens is 174 g/mol. The molecule has 0 bridgehead atoms. The molecule has 0 aliphatic carbocycles. The zero-order valence-corrected chi connectivity index (χ0v) is 9.25. The van der Waals surface area contributed by atoms with Gasteiger partial charge in [0.25, 0.3) is 0 Å². The van der Waals surface area contributed by atoms with Gasteiger partial charge in [-0.25, -0.2) is 0 Å². The van der Waals surface area contributed by atoms with Crippen molar-refractivity contribution in [2.75, 3.05) is 5.32 Å². The van der Waals surface area contributed by atoms with E-state index in [0.717, 1.165) is 17.8 Å². The van der Waals surface area contributed by atoms with E-state index in [4.69, 9.17) is 0 Å². The average Bonchev–Trinajstić information content (AvgIpc) is 2.17. The van der Waals surface area contributed by atoms with Crippen LogP contribution in [0.2, 0.25) is 0 Å². The van der Waals surface area contributed by atoms with E-state index in [9.17, 15) is 0 Å². The summed E-state index contributed by atoms with van der Waals surface area (Å²) in [5.74, 6) is 0.894. The molecule has 0 fully saturated rings. The van der Waals surface area contributed by atoms with E-state index in [2.05, 4.69) is 29.4 Å². The minimum atomic E-state index is 0.524. The molecular formula is C11H19N3. The maximum Gasteiger partial charge on any atom is 0.149 e. The van der Waals surface area contributed by atoms with Crippen LogP contribution in [0, 0.1) is 6.92 Å². The second kappa shape index (κ2) is 5.58. The first-order valence-corrected chi connectivity index (χ1v) is 5.32. The highest BCUT2D eigenvalue weighted by molar-refractivity contribution is 5.36. The largest absolute Gasteiger partial charge is 0.366 e. The van der Waals surface area contributed by atoms with E-state index >= 15 is 0 Å². The summed E-state index contributed by atoms with van der Waals surface area (Å²) >= 11 is 0. The number of aromatic nitrogens is 2. The summed E-state index contributed by atoms with van der Waals surface area (Å²) in [6.45, 7) is 6.42. The van der Waals surface area contributed by atoms with Gasteiger partial charge < -0.3 is 5.32 Å². The van der Waals surface area contributed by atoms with Gasteiger partial charge in [-0.15, -0.1) is 5.10 Å². The van der Waals surface area contributed by atoms with Crippen LogP contribution in [0.15, 0.2) is 12.3 Å². The Bertz CT molecular complexity index is 273. The van der Waals surface area contributed by atoms with Gasteiger partial charge >= 0.3 is 0 Å². The highest BCUT2D eigenvalue weighted by Crippen LogP contribution is 2.10. The molecule has 1 rings (SSSR count). The van der Waals surface area contributed by atoms with Gasteiger partial charge in [0, 0.05) is 6.04 Å². The minimum absolute atomic E-state index is 0.524. The van der Waals surface area contributed by atoms with Crippen LogP contribution in [0.4, 0.5) is 5.82 Å². The molecule has 0 radical (unpaired) electrons. The predicted molar refractivity (Wildman–Crippen MR) is 59.4 cm³/mol. The number of nitrogens with zero attached hydrogens (tertiary/aromatic N) is 2. The van der Waals surface area contributed by atoms with E-state index in [1.54, 1.807) is 6.20 Å². The molecule has 1 atom stereocenters. The van der Waals surface area contributed by atoms with E-state index in [-0.39, 0.29) is 0 Å². The van der Waals surface area contributed by atoms with Crippen molar-refractivity contribution in [3.63, 3.8) is 0 Å². The topological polar surface area (TPSA) is 37.8 Å². The molecule has 0 amide bonds. The van der Waals surface area contributed by atoms with Crippen molar-refractivity contribution in [3.05, 3.63) is 17.8 Å². The van der Waals surface area contributed by atoms with Crippen LogP contribution in [0.1, 0.15) is 38.7 Å². The van der Waals surface area contributed by atoms with Crippen molar-refractivity contribution >= 4 is 5.82 Å². The molecule has 1 unspecified atom stereocenters. The molecule has 0 aromatic carbocycles. The fourth-order valence-electron chi connectivity index (χ4n) is 1.47. The smallest absolute Gasteiger partial charge is 0.149 e. The molecule has 0 aliphatic rings. The molecule has 1 heterocycles. The third-order valence-corrected chi connectivity index (χ3v) is 2.27. The molecule has 14 heavy (non-hydrogen) atoms. The lowest BCUT2D eigenvalue weighted by molar-refractivity contribution is 0.619. The van der Waals surface area contributed by atoms with Gasteiger partial charge in [-0.2, -0.15) is 5.10 Å². The van der Waals surface area contributed by atoms with Gasteiger partial charge in [-0.05, 0) is 31.4 Å². The molecule has 1 N–H and O–H groups in total. The van der Waals surface area contributed by atoms with Crippen molar-refractivity contribution in [2.24, 2.45) is 0 Å². The highest BCUT2D eigenvalue weighted by atomic mass is 15.2. The van der Waals surface area contributed by atoms with Crippen molar-refractivity contribution in [1.82, 2.24) is 10.2 Å². The number of nitrogens with one attached hydrogen (secondary N) is 1. The lowest BCUT2D eigenvalue weighted by atomic mass is 10.1. The van der Waals surface area contributed by atoms with Crippen LogP contribution >= 0.6 is 0 Å². The minimum Gasteiger partial charge on any atom is -0.366 e. The number of rotatable bonds is 5. The Labute approximate surface area is 85.9 Å². The summed E-state index contributed by atoms with van der Waals surface area (Å²) < 4.78 is 0. The van der Waals surface area contributed by atoms with Crippen LogP contribution < -0.4 is 5.32 Å². The Hall–Kier alpha value is -1.12. The quantitative estimate of drug-likeness (QED) is 0.781. The molecule has 0 saturated heterocycles. The Morgan fingerprint density at radius 2 is 2.21 bits per heavy atom. The summed E-state index contributed by atoms with van der Waals surface area (Å²) in [5.41, 5.74) is 1.15. The first kappa shape index (κ1) is 11.0. The first-order valence-electron chi connectivity index (χ1n) is 5.32. The highest BCUT2D eigenvalue weighted by Gasteiger charge is 2.05. The maximum absolute atomic E-state index is 4.05. The fraction of sp³-hybridized carbons (Fsp3) is 0.636. The Balaban J connectivity index is 2.57. The second-order valence-corrected chi connectivity index (χ2v) is 3.66. The van der Waals surface area contributed by atoms with Crippen molar-refractivity contribution in [1.29, 1.82) is 0 Å². The molecule has 3 nitrogen and oxygen atoms in total. The van der Waals surface area contributed by atoms with Gasteiger partial charge in [0.05, 0.1) is 6.20 Å². The summed E-state index contributed by atoms with van der Waals surface area (Å²) in [5, 5.41) is 11.4. The van der Waals surface area contributed by atoms with Gasteiger partial charge in [-0.1, -0.05) is 20.3 Å². The normalized spacial score (nSPS) is 12.5. The molecule has 78 valence electrons. The summed E-state index contributed by atoms with van der Waals surface area (Å²) in [4.78, 5) is 0. The van der Waals surface area contributed by atoms with Crippen molar-refractivity contribution in [3.8, 4) is 0 Å². The molecule has 3 heteroatoms. The van der Waals surface area contributed by atoms with Gasteiger partial charge in [0.2, 0.25) is 0 Å². The third kappa shape index (κ3) is 3.32.